The molecule has 0 N–H and O–H groups in total. The van der Waals surface area contributed by atoms with Gasteiger partial charge >= 0.3 is 0 Å². The molecule has 17 heavy (non-hydrogen) atoms. The van der Waals surface area contributed by atoms with Gasteiger partial charge in [-0.2, -0.15) is 0 Å². The first-order valence-corrected chi connectivity index (χ1v) is 5.53. The lowest BCUT2D eigenvalue weighted by molar-refractivity contribution is 1.26. The second-order valence-corrected chi connectivity index (χ2v) is 4.06. The molecule has 80 valence electrons. The number of rotatable bonds is 0. The molecular weight excluding hydrogens is 210 g/mol. The van der Waals surface area contributed by atoms with Gasteiger partial charge in [0, 0.05) is 11.6 Å². The van der Waals surface area contributed by atoms with Crippen LogP contribution < -0.4 is 0 Å². The van der Waals surface area contributed by atoms with Gasteiger partial charge in [-0.15, -0.1) is 0 Å². The Kier molecular flexibility index (Phi) is 1.56. The van der Waals surface area contributed by atoms with Crippen LogP contribution in [-0.2, 0) is 0 Å². The highest BCUT2D eigenvalue weighted by atomic mass is 15.0. The van der Waals surface area contributed by atoms with Crippen molar-refractivity contribution in [3.05, 3.63) is 54.9 Å². The molecule has 0 saturated carbocycles. The summed E-state index contributed by atoms with van der Waals surface area (Å²) in [7, 11) is 0. The molecule has 1 aromatic carbocycles. The Bertz CT molecular complexity index is 840. The molecule has 0 fully saturated rings. The molecule has 0 aliphatic rings. The molecule has 0 aliphatic heterocycles. The summed E-state index contributed by atoms with van der Waals surface area (Å²) >= 11 is 0. The monoisotopic (exact) mass is 219 g/mol. The number of nitrogens with zero attached hydrogens (tertiary/aromatic N) is 3. The van der Waals surface area contributed by atoms with E-state index in [0.29, 0.717) is 0 Å². The molecule has 0 radical (unpaired) electrons. The summed E-state index contributed by atoms with van der Waals surface area (Å²) < 4.78 is 2.15. The van der Waals surface area contributed by atoms with Crippen molar-refractivity contribution >= 4 is 27.6 Å². The molecule has 3 heterocycles. The number of para-hydroxylation sites is 2. The lowest BCUT2D eigenvalue weighted by Crippen LogP contribution is -1.88. The number of hydrogen-bond donors (Lipinski definition) is 0. The van der Waals surface area contributed by atoms with Gasteiger partial charge in [0.05, 0.1) is 22.7 Å². The number of imidazole rings is 1. The van der Waals surface area contributed by atoms with Gasteiger partial charge in [-0.3, -0.25) is 9.38 Å². The first-order valence-electron chi connectivity index (χ1n) is 5.53. The maximum atomic E-state index is 4.60. The van der Waals surface area contributed by atoms with Crippen LogP contribution in [0.1, 0.15) is 0 Å². The Morgan fingerprint density at radius 1 is 0.882 bits per heavy atom. The van der Waals surface area contributed by atoms with Crippen LogP contribution in [0.2, 0.25) is 0 Å². The van der Waals surface area contributed by atoms with Gasteiger partial charge < -0.3 is 0 Å². The number of aromatic nitrogens is 3. The highest BCUT2D eigenvalue weighted by Crippen LogP contribution is 2.21. The van der Waals surface area contributed by atoms with Crippen LogP contribution in [0.15, 0.2) is 54.9 Å². The van der Waals surface area contributed by atoms with Crippen LogP contribution in [0, 0.1) is 0 Å². The minimum absolute atomic E-state index is 0.965. The average molecular weight is 219 g/mol. The van der Waals surface area contributed by atoms with Crippen molar-refractivity contribution in [1.82, 2.24) is 14.4 Å². The van der Waals surface area contributed by atoms with E-state index in [1.165, 1.54) is 5.39 Å². The van der Waals surface area contributed by atoms with Crippen molar-refractivity contribution in [2.24, 2.45) is 0 Å². The van der Waals surface area contributed by atoms with Crippen LogP contribution in [0.3, 0.4) is 0 Å². The molecule has 4 rings (SSSR count). The van der Waals surface area contributed by atoms with Gasteiger partial charge in [0.25, 0.3) is 0 Å². The van der Waals surface area contributed by atoms with Crippen LogP contribution in [-0.4, -0.2) is 14.4 Å². The molecule has 3 aromatic heterocycles. The summed E-state index contributed by atoms with van der Waals surface area (Å²) in [6.45, 7) is 0. The highest BCUT2D eigenvalue weighted by molar-refractivity contribution is 5.89. The molecule has 0 saturated heterocycles. The van der Waals surface area contributed by atoms with Crippen LogP contribution in [0.4, 0.5) is 0 Å². The number of benzene rings is 1. The molecule has 0 amide bonds. The van der Waals surface area contributed by atoms with Crippen molar-refractivity contribution in [2.75, 3.05) is 0 Å². The average Bonchev–Trinajstić information content (AvgIpc) is 2.77. The molecule has 0 bridgehead atoms. The van der Waals surface area contributed by atoms with E-state index >= 15 is 0 Å². The Balaban J connectivity index is 2.38. The minimum atomic E-state index is 0.965. The number of hydrogen-bond acceptors (Lipinski definition) is 2. The zero-order valence-electron chi connectivity index (χ0n) is 9.04. The van der Waals surface area contributed by atoms with E-state index in [2.05, 4.69) is 26.5 Å². The van der Waals surface area contributed by atoms with Gasteiger partial charge in [0.15, 0.2) is 0 Å². The summed E-state index contributed by atoms with van der Waals surface area (Å²) in [4.78, 5) is 8.80. The van der Waals surface area contributed by atoms with E-state index in [-0.39, 0.29) is 0 Å². The standard InChI is InChI=1S/C14H9N3/c1-2-4-12-11(3-1)16-14-6-5-10-7-8-15-9-13(10)17(12)14/h1-9H. The van der Waals surface area contributed by atoms with E-state index in [9.17, 15) is 0 Å². The van der Waals surface area contributed by atoms with E-state index in [1.807, 2.05) is 42.7 Å². The predicted molar refractivity (Wildman–Crippen MR) is 68.0 cm³/mol. The van der Waals surface area contributed by atoms with Crippen molar-refractivity contribution in [3.63, 3.8) is 0 Å². The van der Waals surface area contributed by atoms with Gasteiger partial charge in [0.1, 0.15) is 5.65 Å². The fourth-order valence-electron chi connectivity index (χ4n) is 2.30. The summed E-state index contributed by atoms with van der Waals surface area (Å²) in [5, 5.41) is 1.18. The van der Waals surface area contributed by atoms with Crippen molar-refractivity contribution in [1.29, 1.82) is 0 Å². The first kappa shape index (κ1) is 8.70. The third-order valence-electron chi connectivity index (χ3n) is 3.07. The van der Waals surface area contributed by atoms with E-state index in [4.69, 9.17) is 0 Å². The molecular formula is C14H9N3. The van der Waals surface area contributed by atoms with Gasteiger partial charge in [0.2, 0.25) is 0 Å². The zero-order chi connectivity index (χ0) is 11.2. The fourth-order valence-corrected chi connectivity index (χ4v) is 2.30. The second-order valence-electron chi connectivity index (χ2n) is 4.06. The predicted octanol–water partition coefficient (Wildman–Crippen LogP) is 3.04. The minimum Gasteiger partial charge on any atom is -0.291 e. The van der Waals surface area contributed by atoms with Gasteiger partial charge in [-0.25, -0.2) is 4.98 Å². The molecule has 0 spiro atoms. The number of pyridine rings is 2. The van der Waals surface area contributed by atoms with Crippen molar-refractivity contribution in [2.45, 2.75) is 0 Å². The van der Waals surface area contributed by atoms with Gasteiger partial charge in [-0.05, 0) is 30.3 Å². The highest BCUT2D eigenvalue weighted by Gasteiger charge is 2.06. The van der Waals surface area contributed by atoms with Crippen molar-refractivity contribution in [3.8, 4) is 0 Å². The summed E-state index contributed by atoms with van der Waals surface area (Å²) in [5.74, 6) is 0. The number of fused-ring (bicyclic) bond motifs is 5. The summed E-state index contributed by atoms with van der Waals surface area (Å²) in [5.41, 5.74) is 4.20. The van der Waals surface area contributed by atoms with Crippen LogP contribution in [0.5, 0.6) is 0 Å². The van der Waals surface area contributed by atoms with E-state index < -0.39 is 0 Å². The maximum absolute atomic E-state index is 4.60. The SMILES string of the molecule is c1ccc2c(c1)nc1ccc3ccncc3n12. The quantitative estimate of drug-likeness (QED) is 0.455. The molecule has 0 aliphatic carbocycles. The molecule has 0 unspecified atom stereocenters. The lowest BCUT2D eigenvalue weighted by Gasteiger charge is -2.01. The normalized spacial score (nSPS) is 11.5. The molecule has 4 aromatic rings. The Morgan fingerprint density at radius 2 is 1.82 bits per heavy atom. The van der Waals surface area contributed by atoms with Crippen molar-refractivity contribution < 1.29 is 0 Å². The summed E-state index contributed by atoms with van der Waals surface area (Å²) in [6.07, 6.45) is 3.70. The smallest absolute Gasteiger partial charge is 0.138 e. The largest absolute Gasteiger partial charge is 0.291 e. The summed E-state index contributed by atoms with van der Waals surface area (Å²) in [6, 6.07) is 14.3. The lowest BCUT2D eigenvalue weighted by atomic mass is 10.2. The Labute approximate surface area is 97.4 Å². The Hall–Kier alpha value is -2.42. The first-order chi connectivity index (χ1) is 8.43. The molecule has 3 heteroatoms. The van der Waals surface area contributed by atoms with E-state index in [0.717, 1.165) is 22.2 Å². The van der Waals surface area contributed by atoms with Crippen LogP contribution >= 0.6 is 0 Å². The topological polar surface area (TPSA) is 30.2 Å². The third-order valence-corrected chi connectivity index (χ3v) is 3.07. The van der Waals surface area contributed by atoms with Crippen LogP contribution in [0.25, 0.3) is 27.6 Å². The molecule has 3 nitrogen and oxygen atoms in total. The zero-order valence-corrected chi connectivity index (χ0v) is 9.04. The molecule has 0 atom stereocenters. The maximum Gasteiger partial charge on any atom is 0.138 e. The second kappa shape index (κ2) is 3.04. The fraction of sp³-hybridized carbons (Fsp3) is 0. The van der Waals surface area contributed by atoms with E-state index in [1.54, 1.807) is 0 Å². The third kappa shape index (κ3) is 1.11. The Morgan fingerprint density at radius 3 is 2.82 bits per heavy atom. The van der Waals surface area contributed by atoms with Gasteiger partial charge in [-0.1, -0.05) is 12.1 Å².